The normalized spacial score (nSPS) is 15.3. The average Bonchev–Trinajstić information content (AvgIpc) is 3.15. The summed E-state index contributed by atoms with van der Waals surface area (Å²) < 4.78 is 10.7. The molecule has 1 aliphatic heterocycles. The van der Waals surface area contributed by atoms with E-state index in [0.717, 1.165) is 5.56 Å². The molecule has 1 fully saturated rings. The SMILES string of the molecule is Cc1cccc(CNC(=O)c2cnc(C3OCCO3)s2)c1. The molecule has 1 saturated heterocycles. The van der Waals surface area contributed by atoms with E-state index in [1.165, 1.54) is 16.9 Å². The second-order valence-electron chi connectivity index (χ2n) is 4.81. The number of amides is 1. The number of carbonyl (C=O) groups is 1. The Morgan fingerprint density at radius 3 is 3.00 bits per heavy atom. The minimum absolute atomic E-state index is 0.127. The second-order valence-corrected chi connectivity index (χ2v) is 5.87. The highest BCUT2D eigenvalue weighted by atomic mass is 32.1. The van der Waals surface area contributed by atoms with Gasteiger partial charge in [-0.2, -0.15) is 0 Å². The zero-order valence-corrected chi connectivity index (χ0v) is 12.5. The third-order valence-electron chi connectivity index (χ3n) is 3.11. The summed E-state index contributed by atoms with van der Waals surface area (Å²) in [4.78, 5) is 16.9. The van der Waals surface area contributed by atoms with E-state index in [4.69, 9.17) is 9.47 Å². The molecule has 2 heterocycles. The van der Waals surface area contributed by atoms with E-state index in [2.05, 4.69) is 16.4 Å². The highest BCUT2D eigenvalue weighted by Gasteiger charge is 2.23. The molecule has 1 amide bonds. The van der Waals surface area contributed by atoms with E-state index in [1.807, 2.05) is 25.1 Å². The number of carbonyl (C=O) groups excluding carboxylic acids is 1. The number of aryl methyl sites for hydroxylation is 1. The Kier molecular flexibility index (Phi) is 4.28. The van der Waals surface area contributed by atoms with Crippen LogP contribution in [-0.4, -0.2) is 24.1 Å². The first kappa shape index (κ1) is 14.2. The molecule has 3 rings (SSSR count). The van der Waals surface area contributed by atoms with Crippen molar-refractivity contribution in [1.82, 2.24) is 10.3 Å². The second kappa shape index (κ2) is 6.34. The Labute approximate surface area is 126 Å². The van der Waals surface area contributed by atoms with Gasteiger partial charge in [0.05, 0.1) is 19.4 Å². The van der Waals surface area contributed by atoms with Gasteiger partial charge in [-0.1, -0.05) is 29.8 Å². The molecule has 1 aromatic heterocycles. The molecular formula is C15H16N2O3S. The molecule has 0 aliphatic carbocycles. The maximum Gasteiger partial charge on any atom is 0.263 e. The van der Waals surface area contributed by atoms with Gasteiger partial charge in [0.15, 0.2) is 0 Å². The van der Waals surface area contributed by atoms with Crippen molar-refractivity contribution in [1.29, 1.82) is 0 Å². The lowest BCUT2D eigenvalue weighted by Crippen LogP contribution is -2.21. The smallest absolute Gasteiger partial charge is 0.263 e. The molecular weight excluding hydrogens is 288 g/mol. The predicted octanol–water partition coefficient (Wildman–Crippen LogP) is 2.43. The number of nitrogens with zero attached hydrogens (tertiary/aromatic N) is 1. The standard InChI is InChI=1S/C15H16N2O3S/c1-10-3-2-4-11(7-10)8-16-13(18)12-9-17-14(21-12)15-19-5-6-20-15/h2-4,7,9,15H,5-6,8H2,1H3,(H,16,18). The first-order valence-corrected chi connectivity index (χ1v) is 7.57. The molecule has 5 nitrogen and oxygen atoms in total. The van der Waals surface area contributed by atoms with Crippen LogP contribution in [0.1, 0.15) is 32.1 Å². The molecule has 2 aromatic rings. The van der Waals surface area contributed by atoms with Gasteiger partial charge in [0.1, 0.15) is 9.88 Å². The van der Waals surface area contributed by atoms with E-state index in [0.29, 0.717) is 29.6 Å². The topological polar surface area (TPSA) is 60.5 Å². The van der Waals surface area contributed by atoms with Crippen LogP contribution in [0.5, 0.6) is 0 Å². The molecule has 0 bridgehead atoms. The highest BCUT2D eigenvalue weighted by Crippen LogP contribution is 2.27. The number of hydrogen-bond donors (Lipinski definition) is 1. The van der Waals surface area contributed by atoms with Gasteiger partial charge in [-0.3, -0.25) is 4.79 Å². The van der Waals surface area contributed by atoms with Gasteiger partial charge in [0, 0.05) is 6.54 Å². The Bertz CT molecular complexity index is 635. The van der Waals surface area contributed by atoms with Crippen molar-refractivity contribution in [2.24, 2.45) is 0 Å². The van der Waals surface area contributed by atoms with Crippen molar-refractivity contribution in [2.75, 3.05) is 13.2 Å². The third-order valence-corrected chi connectivity index (χ3v) is 4.12. The lowest BCUT2D eigenvalue weighted by molar-refractivity contribution is -0.0442. The maximum absolute atomic E-state index is 12.1. The van der Waals surface area contributed by atoms with E-state index < -0.39 is 6.29 Å². The van der Waals surface area contributed by atoms with Gasteiger partial charge in [-0.15, -0.1) is 11.3 Å². The summed E-state index contributed by atoms with van der Waals surface area (Å²) >= 11 is 1.30. The van der Waals surface area contributed by atoms with Crippen LogP contribution in [0.25, 0.3) is 0 Å². The van der Waals surface area contributed by atoms with E-state index >= 15 is 0 Å². The summed E-state index contributed by atoms with van der Waals surface area (Å²) in [5, 5.41) is 3.58. The lowest BCUT2D eigenvalue weighted by atomic mass is 10.1. The van der Waals surface area contributed by atoms with Crippen molar-refractivity contribution in [3.05, 3.63) is 51.5 Å². The Morgan fingerprint density at radius 2 is 2.24 bits per heavy atom. The maximum atomic E-state index is 12.1. The van der Waals surface area contributed by atoms with Crippen LogP contribution in [0.3, 0.4) is 0 Å². The van der Waals surface area contributed by atoms with Gasteiger partial charge in [0.25, 0.3) is 5.91 Å². The van der Waals surface area contributed by atoms with Gasteiger partial charge in [0.2, 0.25) is 6.29 Å². The van der Waals surface area contributed by atoms with Crippen LogP contribution in [0, 0.1) is 6.92 Å². The largest absolute Gasteiger partial charge is 0.347 e. The summed E-state index contributed by atoms with van der Waals surface area (Å²) in [6.45, 7) is 3.67. The molecule has 110 valence electrons. The van der Waals surface area contributed by atoms with Gasteiger partial charge < -0.3 is 14.8 Å². The van der Waals surface area contributed by atoms with E-state index in [-0.39, 0.29) is 5.91 Å². The summed E-state index contributed by atoms with van der Waals surface area (Å²) in [6.07, 6.45) is 1.14. The number of thiazole rings is 1. The molecule has 6 heteroatoms. The van der Waals surface area contributed by atoms with E-state index in [1.54, 1.807) is 6.20 Å². The number of rotatable bonds is 4. The molecule has 1 aromatic carbocycles. The molecule has 1 aliphatic rings. The fraction of sp³-hybridized carbons (Fsp3) is 0.333. The third kappa shape index (κ3) is 3.47. The molecule has 0 spiro atoms. The Hall–Kier alpha value is -1.76. The Morgan fingerprint density at radius 1 is 1.43 bits per heavy atom. The molecule has 21 heavy (non-hydrogen) atoms. The number of benzene rings is 1. The molecule has 0 saturated carbocycles. The van der Waals surface area contributed by atoms with Crippen LogP contribution < -0.4 is 5.32 Å². The minimum Gasteiger partial charge on any atom is -0.347 e. The van der Waals surface area contributed by atoms with Crippen molar-refractivity contribution in [2.45, 2.75) is 19.8 Å². The van der Waals surface area contributed by atoms with Crippen LogP contribution in [0.2, 0.25) is 0 Å². The fourth-order valence-electron chi connectivity index (χ4n) is 2.09. The summed E-state index contributed by atoms with van der Waals surface area (Å²) in [5.74, 6) is -0.127. The molecule has 1 N–H and O–H groups in total. The first-order valence-electron chi connectivity index (χ1n) is 6.75. The number of aromatic nitrogens is 1. The highest BCUT2D eigenvalue weighted by molar-refractivity contribution is 7.13. The molecule has 0 atom stereocenters. The minimum atomic E-state index is -0.423. The zero-order chi connectivity index (χ0) is 14.7. The number of hydrogen-bond acceptors (Lipinski definition) is 5. The molecule has 0 radical (unpaired) electrons. The van der Waals surface area contributed by atoms with Gasteiger partial charge in [-0.25, -0.2) is 4.98 Å². The van der Waals surface area contributed by atoms with E-state index in [9.17, 15) is 4.79 Å². The summed E-state index contributed by atoms with van der Waals surface area (Å²) in [6, 6.07) is 8.06. The lowest BCUT2D eigenvalue weighted by Gasteiger charge is -2.05. The average molecular weight is 304 g/mol. The van der Waals surface area contributed by atoms with Crippen LogP contribution in [-0.2, 0) is 16.0 Å². The van der Waals surface area contributed by atoms with Gasteiger partial charge >= 0.3 is 0 Å². The predicted molar refractivity (Wildman–Crippen MR) is 79.1 cm³/mol. The van der Waals surface area contributed by atoms with Crippen LogP contribution in [0.4, 0.5) is 0 Å². The molecule has 0 unspecified atom stereocenters. The van der Waals surface area contributed by atoms with Crippen molar-refractivity contribution in [3.8, 4) is 0 Å². The monoisotopic (exact) mass is 304 g/mol. The fourth-order valence-corrected chi connectivity index (χ4v) is 2.93. The van der Waals surface area contributed by atoms with Crippen LogP contribution >= 0.6 is 11.3 Å². The zero-order valence-electron chi connectivity index (χ0n) is 11.7. The summed E-state index contributed by atoms with van der Waals surface area (Å²) in [5.41, 5.74) is 2.26. The van der Waals surface area contributed by atoms with Crippen molar-refractivity contribution >= 4 is 17.2 Å². The number of ether oxygens (including phenoxy) is 2. The summed E-state index contributed by atoms with van der Waals surface area (Å²) in [7, 11) is 0. The van der Waals surface area contributed by atoms with Gasteiger partial charge in [-0.05, 0) is 12.5 Å². The quantitative estimate of drug-likeness (QED) is 0.942. The van der Waals surface area contributed by atoms with Crippen molar-refractivity contribution < 1.29 is 14.3 Å². The van der Waals surface area contributed by atoms with Crippen LogP contribution in [0.15, 0.2) is 30.5 Å². The first-order chi connectivity index (χ1) is 10.2. The van der Waals surface area contributed by atoms with Crippen molar-refractivity contribution in [3.63, 3.8) is 0 Å². The Balaban J connectivity index is 1.60. The number of nitrogens with one attached hydrogen (secondary N) is 1.